The summed E-state index contributed by atoms with van der Waals surface area (Å²) < 4.78 is 57.7. The molecule has 0 amide bonds. The number of hydrazone groups is 1. The zero-order valence-electron chi connectivity index (χ0n) is 14.9. The highest BCUT2D eigenvalue weighted by molar-refractivity contribution is 5.81. The molecular weight excluding hydrogens is 396 g/mol. The molecule has 0 radical (unpaired) electrons. The summed E-state index contributed by atoms with van der Waals surface area (Å²) in [6, 6.07) is 6.50. The lowest BCUT2D eigenvalue weighted by Gasteiger charge is -2.29. The van der Waals surface area contributed by atoms with Crippen LogP contribution in [0, 0.1) is 15.9 Å². The molecule has 154 valence electrons. The molecule has 11 heteroatoms. The van der Waals surface area contributed by atoms with E-state index in [0.29, 0.717) is 49.7 Å². The van der Waals surface area contributed by atoms with E-state index in [0.717, 1.165) is 6.07 Å². The van der Waals surface area contributed by atoms with Crippen molar-refractivity contribution in [2.45, 2.75) is 6.18 Å². The lowest BCUT2D eigenvalue weighted by atomic mass is 10.1. The number of anilines is 2. The summed E-state index contributed by atoms with van der Waals surface area (Å²) in [5.74, 6) is -0.462. The van der Waals surface area contributed by atoms with Crippen LogP contribution in [0.25, 0.3) is 0 Å². The monoisotopic (exact) mass is 412 g/mol. The molecule has 1 fully saturated rings. The average molecular weight is 412 g/mol. The van der Waals surface area contributed by atoms with Crippen LogP contribution in [-0.2, 0) is 10.9 Å². The highest BCUT2D eigenvalue weighted by Crippen LogP contribution is 2.35. The maximum atomic E-state index is 14.4. The molecule has 29 heavy (non-hydrogen) atoms. The fourth-order valence-electron chi connectivity index (χ4n) is 2.79. The number of nitrogens with one attached hydrogen (secondary N) is 1. The largest absolute Gasteiger partial charge is 0.416 e. The molecule has 0 aromatic heterocycles. The molecule has 0 saturated carbocycles. The Kier molecular flexibility index (Phi) is 5.97. The highest BCUT2D eigenvalue weighted by Gasteiger charge is 2.33. The molecule has 1 heterocycles. The van der Waals surface area contributed by atoms with E-state index in [-0.39, 0.29) is 5.69 Å². The molecule has 2 aromatic rings. The number of nitrogens with zero attached hydrogens (tertiary/aromatic N) is 3. The highest BCUT2D eigenvalue weighted by atomic mass is 19.4. The van der Waals surface area contributed by atoms with Crippen LogP contribution in [0.3, 0.4) is 0 Å². The maximum Gasteiger partial charge on any atom is 0.416 e. The molecule has 0 unspecified atom stereocenters. The minimum Gasteiger partial charge on any atom is -0.378 e. The van der Waals surface area contributed by atoms with Gasteiger partial charge in [-0.15, -0.1) is 0 Å². The van der Waals surface area contributed by atoms with Gasteiger partial charge in [0.2, 0.25) is 0 Å². The first-order chi connectivity index (χ1) is 13.8. The Labute approximate surface area is 162 Å². The number of halogens is 4. The third kappa shape index (κ3) is 4.99. The Morgan fingerprint density at radius 1 is 1.17 bits per heavy atom. The van der Waals surface area contributed by atoms with Crippen molar-refractivity contribution in [3.63, 3.8) is 0 Å². The third-order valence-electron chi connectivity index (χ3n) is 4.24. The first-order valence-corrected chi connectivity index (χ1v) is 8.52. The van der Waals surface area contributed by atoms with Crippen molar-refractivity contribution in [3.05, 3.63) is 63.5 Å². The van der Waals surface area contributed by atoms with Gasteiger partial charge in [-0.2, -0.15) is 18.3 Å². The van der Waals surface area contributed by atoms with E-state index in [1.807, 2.05) is 4.90 Å². The zero-order valence-corrected chi connectivity index (χ0v) is 14.9. The summed E-state index contributed by atoms with van der Waals surface area (Å²) in [6.45, 7) is 2.17. The predicted molar refractivity (Wildman–Crippen MR) is 98.7 cm³/mol. The number of benzene rings is 2. The van der Waals surface area contributed by atoms with Gasteiger partial charge in [-0.3, -0.25) is 15.5 Å². The van der Waals surface area contributed by atoms with Crippen LogP contribution in [0.2, 0.25) is 0 Å². The van der Waals surface area contributed by atoms with E-state index in [2.05, 4.69) is 10.5 Å². The Bertz CT molecular complexity index is 928. The summed E-state index contributed by atoms with van der Waals surface area (Å²) in [5.41, 5.74) is 1.00. The minimum atomic E-state index is -4.70. The van der Waals surface area contributed by atoms with Gasteiger partial charge in [0.25, 0.3) is 5.69 Å². The molecule has 0 bridgehead atoms. The molecular formula is C18H16F4N4O3. The SMILES string of the molecule is O=[N+]([O-])c1cc(C(F)(F)F)ccc1N/N=C/c1ccc(N2CCOCC2)c(F)c1. The standard InChI is InChI=1S/C18H16F4N4O3/c19-14-9-12(1-4-16(14)25-5-7-29-8-6-25)11-23-24-15-3-2-13(18(20,21)22)10-17(15)26(27)28/h1-4,9-11,24H,5-8H2/b23-11+. The Hall–Kier alpha value is -3.21. The maximum absolute atomic E-state index is 14.4. The molecule has 7 nitrogen and oxygen atoms in total. The fraction of sp³-hybridized carbons (Fsp3) is 0.278. The summed E-state index contributed by atoms with van der Waals surface area (Å²) >= 11 is 0. The normalized spacial score (nSPS) is 15.0. The molecule has 0 spiro atoms. The van der Waals surface area contributed by atoms with Gasteiger partial charge in [0.15, 0.2) is 0 Å². The van der Waals surface area contributed by atoms with Crippen molar-refractivity contribution in [2.75, 3.05) is 36.6 Å². The van der Waals surface area contributed by atoms with E-state index in [9.17, 15) is 27.7 Å². The van der Waals surface area contributed by atoms with E-state index in [1.165, 1.54) is 12.3 Å². The Balaban J connectivity index is 1.74. The number of ether oxygens (including phenoxy) is 1. The third-order valence-corrected chi connectivity index (χ3v) is 4.24. The number of nitro groups is 1. The summed E-state index contributed by atoms with van der Waals surface area (Å²) in [4.78, 5) is 12.0. The Morgan fingerprint density at radius 3 is 2.52 bits per heavy atom. The predicted octanol–water partition coefficient (Wildman–Crippen LogP) is 4.04. The van der Waals surface area contributed by atoms with Gasteiger partial charge in [0, 0.05) is 19.2 Å². The van der Waals surface area contributed by atoms with Crippen LogP contribution < -0.4 is 10.3 Å². The van der Waals surface area contributed by atoms with E-state index in [1.54, 1.807) is 12.1 Å². The number of rotatable bonds is 5. The van der Waals surface area contributed by atoms with Crippen LogP contribution in [-0.4, -0.2) is 37.4 Å². The number of hydrogen-bond donors (Lipinski definition) is 1. The number of morpholine rings is 1. The summed E-state index contributed by atoms with van der Waals surface area (Å²) in [5, 5.41) is 14.8. The van der Waals surface area contributed by atoms with Gasteiger partial charge >= 0.3 is 6.18 Å². The molecule has 1 aliphatic heterocycles. The summed E-state index contributed by atoms with van der Waals surface area (Å²) in [7, 11) is 0. The smallest absolute Gasteiger partial charge is 0.378 e. The van der Waals surface area contributed by atoms with Crippen LogP contribution in [0.5, 0.6) is 0 Å². The van der Waals surface area contributed by atoms with Crippen molar-refractivity contribution in [3.8, 4) is 0 Å². The summed E-state index contributed by atoms with van der Waals surface area (Å²) in [6.07, 6.45) is -3.49. The molecule has 2 aromatic carbocycles. The topological polar surface area (TPSA) is 80.0 Å². The fourth-order valence-corrected chi connectivity index (χ4v) is 2.79. The van der Waals surface area contributed by atoms with Gasteiger partial charge in [0.1, 0.15) is 11.5 Å². The second-order valence-corrected chi connectivity index (χ2v) is 6.17. The van der Waals surface area contributed by atoms with Crippen LogP contribution in [0.15, 0.2) is 41.5 Å². The number of nitro benzene ring substituents is 1. The van der Waals surface area contributed by atoms with Gasteiger partial charge in [0.05, 0.1) is 35.6 Å². The van der Waals surface area contributed by atoms with Crippen LogP contribution in [0.4, 0.5) is 34.6 Å². The molecule has 3 rings (SSSR count). The van der Waals surface area contributed by atoms with Crippen molar-refractivity contribution >= 4 is 23.3 Å². The van der Waals surface area contributed by atoms with Crippen molar-refractivity contribution in [1.29, 1.82) is 0 Å². The van der Waals surface area contributed by atoms with Gasteiger partial charge in [-0.1, -0.05) is 6.07 Å². The molecule has 1 N–H and O–H groups in total. The quantitative estimate of drug-likeness (QED) is 0.347. The number of alkyl halides is 3. The first-order valence-electron chi connectivity index (χ1n) is 8.52. The van der Waals surface area contributed by atoms with Crippen molar-refractivity contribution < 1.29 is 27.2 Å². The van der Waals surface area contributed by atoms with Gasteiger partial charge in [-0.05, 0) is 29.8 Å². The Morgan fingerprint density at radius 2 is 1.90 bits per heavy atom. The second kappa shape index (κ2) is 8.43. The molecule has 0 aliphatic carbocycles. The van der Waals surface area contributed by atoms with Crippen LogP contribution >= 0.6 is 0 Å². The first kappa shape index (κ1) is 20.5. The second-order valence-electron chi connectivity index (χ2n) is 6.17. The average Bonchev–Trinajstić information content (AvgIpc) is 2.68. The van der Waals surface area contributed by atoms with E-state index >= 15 is 0 Å². The van der Waals surface area contributed by atoms with Gasteiger partial charge in [-0.25, -0.2) is 4.39 Å². The zero-order chi connectivity index (χ0) is 21.0. The van der Waals surface area contributed by atoms with E-state index in [4.69, 9.17) is 4.74 Å². The molecule has 1 aliphatic rings. The van der Waals surface area contributed by atoms with Crippen molar-refractivity contribution in [1.82, 2.24) is 0 Å². The molecule has 1 saturated heterocycles. The molecule has 0 atom stereocenters. The van der Waals surface area contributed by atoms with Crippen molar-refractivity contribution in [2.24, 2.45) is 5.10 Å². The lowest BCUT2D eigenvalue weighted by Crippen LogP contribution is -2.36. The number of hydrogen-bond acceptors (Lipinski definition) is 6. The minimum absolute atomic E-state index is 0.218. The lowest BCUT2D eigenvalue weighted by molar-refractivity contribution is -0.384. The van der Waals surface area contributed by atoms with Gasteiger partial charge < -0.3 is 9.64 Å². The van der Waals surface area contributed by atoms with Crippen LogP contribution in [0.1, 0.15) is 11.1 Å². The van der Waals surface area contributed by atoms with E-state index < -0.39 is 28.2 Å².